The van der Waals surface area contributed by atoms with E-state index < -0.39 is 34.8 Å². The number of hydrogen-bond acceptors (Lipinski definition) is 3. The minimum atomic E-state index is -4.71. The summed E-state index contributed by atoms with van der Waals surface area (Å²) < 4.78 is 57.2. The van der Waals surface area contributed by atoms with Gasteiger partial charge in [0.1, 0.15) is 23.2 Å². The van der Waals surface area contributed by atoms with Crippen molar-refractivity contribution in [1.82, 2.24) is 4.90 Å². The molecule has 0 radical (unpaired) electrons. The molecule has 1 rings (SSSR count). The van der Waals surface area contributed by atoms with Crippen molar-refractivity contribution in [3.05, 3.63) is 35.1 Å². The molecule has 1 aromatic carbocycles. The number of rotatable bonds is 3. The van der Waals surface area contributed by atoms with Crippen LogP contribution in [-0.4, -0.2) is 29.9 Å². The second kappa shape index (κ2) is 6.41. The van der Waals surface area contributed by atoms with Gasteiger partial charge in [0.05, 0.1) is 5.56 Å². The summed E-state index contributed by atoms with van der Waals surface area (Å²) in [4.78, 5) is 24.5. The van der Waals surface area contributed by atoms with E-state index in [-0.39, 0.29) is 11.8 Å². The Hall–Kier alpha value is -2.12. The first kappa shape index (κ1) is 19.9. The van der Waals surface area contributed by atoms with Gasteiger partial charge in [0.2, 0.25) is 0 Å². The maximum atomic E-state index is 14.2. The molecule has 1 atom stereocenters. The van der Waals surface area contributed by atoms with E-state index in [2.05, 4.69) is 0 Å². The zero-order valence-corrected chi connectivity index (χ0v) is 14.0. The molecule has 8 heteroatoms. The molecule has 134 valence electrons. The van der Waals surface area contributed by atoms with Gasteiger partial charge in [-0.05, 0) is 39.8 Å². The van der Waals surface area contributed by atoms with E-state index in [4.69, 9.17) is 4.74 Å². The van der Waals surface area contributed by atoms with E-state index in [0.717, 1.165) is 11.0 Å². The summed E-state index contributed by atoms with van der Waals surface area (Å²) in [6.45, 7) is 6.04. The number of benzene rings is 1. The Morgan fingerprint density at radius 2 is 1.71 bits per heavy atom. The molecule has 0 fully saturated rings. The Kier molecular flexibility index (Phi) is 5.32. The third kappa shape index (κ3) is 4.24. The van der Waals surface area contributed by atoms with E-state index in [1.165, 1.54) is 14.0 Å². The number of hydrogen-bond donors (Lipinski definition) is 0. The third-order valence-electron chi connectivity index (χ3n) is 3.44. The van der Waals surface area contributed by atoms with Gasteiger partial charge in [-0.2, -0.15) is 13.2 Å². The van der Waals surface area contributed by atoms with Gasteiger partial charge in [0, 0.05) is 12.6 Å². The van der Waals surface area contributed by atoms with E-state index in [1.54, 1.807) is 20.8 Å². The van der Waals surface area contributed by atoms with E-state index in [1.807, 2.05) is 0 Å². The molecule has 0 aromatic heterocycles. The molecule has 1 aromatic rings. The monoisotopic (exact) mass is 349 g/mol. The zero-order valence-electron chi connectivity index (χ0n) is 14.0. The third-order valence-corrected chi connectivity index (χ3v) is 3.44. The Labute approximate surface area is 137 Å². The minimum Gasteiger partial charge on any atom is -0.444 e. The lowest BCUT2D eigenvalue weighted by Crippen LogP contribution is -2.48. The molecule has 0 saturated heterocycles. The van der Waals surface area contributed by atoms with Crippen LogP contribution in [0.15, 0.2) is 18.2 Å². The molecule has 0 aliphatic heterocycles. The fourth-order valence-electron chi connectivity index (χ4n) is 1.95. The normalized spacial score (nSPS) is 14.7. The fourth-order valence-corrected chi connectivity index (χ4v) is 1.95. The quantitative estimate of drug-likeness (QED) is 0.609. The summed E-state index contributed by atoms with van der Waals surface area (Å²) >= 11 is 0. The number of carbonyl (C=O) groups excluding carboxylic acids is 2. The SMILES string of the molecule is CN(C(=O)OC(C)(C)C)C(C)(C=O)c1ccc(C(F)(F)F)cc1F. The Balaban J connectivity index is 3.28. The number of halogens is 4. The molecule has 0 heterocycles. The highest BCUT2D eigenvalue weighted by Gasteiger charge is 2.40. The number of likely N-dealkylation sites (N-methyl/N-ethyl adjacent to an activating group) is 1. The van der Waals surface area contributed by atoms with Gasteiger partial charge in [-0.3, -0.25) is 4.90 Å². The van der Waals surface area contributed by atoms with Gasteiger partial charge in [0.25, 0.3) is 0 Å². The van der Waals surface area contributed by atoms with Crippen molar-refractivity contribution in [2.24, 2.45) is 0 Å². The van der Waals surface area contributed by atoms with Crippen LogP contribution in [0, 0.1) is 5.82 Å². The first-order valence-electron chi connectivity index (χ1n) is 7.03. The fraction of sp³-hybridized carbons (Fsp3) is 0.500. The largest absolute Gasteiger partial charge is 0.444 e. The number of alkyl halides is 3. The maximum Gasteiger partial charge on any atom is 0.416 e. The zero-order chi connectivity index (χ0) is 18.9. The standard InChI is InChI=1S/C16H19F4NO3/c1-14(2,3)24-13(23)21(5)15(4,9-22)11-7-6-10(8-12(11)17)16(18,19)20/h6-9H,1-5H3. The van der Waals surface area contributed by atoms with Crippen molar-refractivity contribution >= 4 is 12.4 Å². The Bertz CT molecular complexity index is 637. The molecule has 1 unspecified atom stereocenters. The van der Waals surface area contributed by atoms with Crippen LogP contribution in [0.4, 0.5) is 22.4 Å². The number of aldehydes is 1. The molecule has 0 aliphatic carbocycles. The molecular weight excluding hydrogens is 330 g/mol. The summed E-state index contributed by atoms with van der Waals surface area (Å²) in [5.41, 5.74) is -4.22. The van der Waals surface area contributed by atoms with Crippen LogP contribution in [0.3, 0.4) is 0 Å². The van der Waals surface area contributed by atoms with Crippen LogP contribution in [0.25, 0.3) is 0 Å². The highest BCUT2D eigenvalue weighted by atomic mass is 19.4. The number of nitrogens with zero attached hydrogens (tertiary/aromatic N) is 1. The van der Waals surface area contributed by atoms with Crippen LogP contribution in [0.1, 0.15) is 38.8 Å². The van der Waals surface area contributed by atoms with Crippen molar-refractivity contribution in [2.75, 3.05) is 7.05 Å². The van der Waals surface area contributed by atoms with Gasteiger partial charge in [-0.15, -0.1) is 0 Å². The van der Waals surface area contributed by atoms with Gasteiger partial charge in [-0.25, -0.2) is 9.18 Å². The molecular formula is C16H19F4NO3. The van der Waals surface area contributed by atoms with Crippen LogP contribution in [-0.2, 0) is 21.2 Å². The van der Waals surface area contributed by atoms with Gasteiger partial charge in [-0.1, -0.05) is 6.07 Å². The summed E-state index contributed by atoms with van der Waals surface area (Å²) in [6.07, 6.45) is -5.34. The van der Waals surface area contributed by atoms with E-state index >= 15 is 0 Å². The van der Waals surface area contributed by atoms with Crippen LogP contribution < -0.4 is 0 Å². The number of carbonyl (C=O) groups is 2. The van der Waals surface area contributed by atoms with Crippen LogP contribution in [0.5, 0.6) is 0 Å². The maximum absolute atomic E-state index is 14.2. The van der Waals surface area contributed by atoms with Crippen molar-refractivity contribution in [3.8, 4) is 0 Å². The number of ether oxygens (including phenoxy) is 1. The van der Waals surface area contributed by atoms with Crippen molar-refractivity contribution in [1.29, 1.82) is 0 Å². The van der Waals surface area contributed by atoms with Gasteiger partial charge >= 0.3 is 12.3 Å². The minimum absolute atomic E-state index is 0.280. The second-order valence-electron chi connectivity index (χ2n) is 6.50. The summed E-state index contributed by atoms with van der Waals surface area (Å²) in [7, 11) is 1.21. The highest BCUT2D eigenvalue weighted by Crippen LogP contribution is 2.34. The molecule has 24 heavy (non-hydrogen) atoms. The predicted octanol–water partition coefficient (Wildman–Crippen LogP) is 4.13. The van der Waals surface area contributed by atoms with E-state index in [0.29, 0.717) is 12.1 Å². The number of amides is 1. The topological polar surface area (TPSA) is 46.6 Å². The lowest BCUT2D eigenvalue weighted by molar-refractivity contribution is -0.137. The second-order valence-corrected chi connectivity index (χ2v) is 6.50. The summed E-state index contributed by atoms with van der Waals surface area (Å²) in [5, 5.41) is 0. The molecule has 0 N–H and O–H groups in total. The lowest BCUT2D eigenvalue weighted by Gasteiger charge is -2.36. The average molecular weight is 349 g/mol. The van der Waals surface area contributed by atoms with Crippen molar-refractivity contribution in [3.63, 3.8) is 0 Å². The molecule has 0 aliphatic rings. The lowest BCUT2D eigenvalue weighted by atomic mass is 9.90. The predicted molar refractivity (Wildman–Crippen MR) is 78.8 cm³/mol. The summed E-state index contributed by atoms with van der Waals surface area (Å²) in [5.74, 6) is -1.24. The molecule has 0 bridgehead atoms. The van der Waals surface area contributed by atoms with Crippen molar-refractivity contribution < 1.29 is 31.9 Å². The highest BCUT2D eigenvalue weighted by molar-refractivity contribution is 5.78. The first-order chi connectivity index (χ1) is 10.7. The smallest absolute Gasteiger partial charge is 0.416 e. The average Bonchev–Trinajstić information content (AvgIpc) is 2.42. The van der Waals surface area contributed by atoms with E-state index in [9.17, 15) is 27.2 Å². The van der Waals surface area contributed by atoms with Crippen molar-refractivity contribution in [2.45, 2.75) is 45.0 Å². The van der Waals surface area contributed by atoms with Crippen LogP contribution in [0.2, 0.25) is 0 Å². The van der Waals surface area contributed by atoms with Gasteiger partial charge < -0.3 is 9.53 Å². The molecule has 0 saturated carbocycles. The molecule has 4 nitrogen and oxygen atoms in total. The molecule has 1 amide bonds. The Morgan fingerprint density at radius 1 is 1.17 bits per heavy atom. The summed E-state index contributed by atoms with van der Waals surface area (Å²) in [6, 6.07) is 1.79. The van der Waals surface area contributed by atoms with Gasteiger partial charge in [0.15, 0.2) is 0 Å². The Morgan fingerprint density at radius 3 is 2.08 bits per heavy atom. The molecule has 0 spiro atoms. The first-order valence-corrected chi connectivity index (χ1v) is 7.03. The van der Waals surface area contributed by atoms with Crippen LogP contribution >= 0.6 is 0 Å².